The highest BCUT2D eigenvalue weighted by Gasteiger charge is 2.35. The summed E-state index contributed by atoms with van der Waals surface area (Å²) in [6.07, 6.45) is 2.07. The molecule has 0 spiro atoms. The summed E-state index contributed by atoms with van der Waals surface area (Å²) >= 11 is 6.18. The van der Waals surface area contributed by atoms with E-state index in [2.05, 4.69) is 62.1 Å². The number of carboxylic acids is 1. The first-order valence-corrected chi connectivity index (χ1v) is 10.1. The molecule has 1 saturated heterocycles. The Balaban J connectivity index is 1.71. The summed E-state index contributed by atoms with van der Waals surface area (Å²) < 4.78 is 0. The first kappa shape index (κ1) is 19.9. The third-order valence-electron chi connectivity index (χ3n) is 5.87. The lowest BCUT2D eigenvalue weighted by atomic mass is 9.88. The molecule has 1 aliphatic rings. The van der Waals surface area contributed by atoms with Gasteiger partial charge >= 0.3 is 5.97 Å². The van der Waals surface area contributed by atoms with E-state index >= 15 is 0 Å². The highest BCUT2D eigenvalue weighted by molar-refractivity contribution is 6.31. The van der Waals surface area contributed by atoms with Gasteiger partial charge < -0.3 is 5.11 Å². The van der Waals surface area contributed by atoms with Crippen LogP contribution in [0.2, 0.25) is 5.02 Å². The summed E-state index contributed by atoms with van der Waals surface area (Å²) in [6.45, 7) is 7.73. The van der Waals surface area contributed by atoms with Gasteiger partial charge in [0.2, 0.25) is 0 Å². The molecule has 1 fully saturated rings. The highest BCUT2D eigenvalue weighted by Crippen LogP contribution is 2.31. The van der Waals surface area contributed by atoms with Crippen molar-refractivity contribution in [3.63, 3.8) is 0 Å². The summed E-state index contributed by atoms with van der Waals surface area (Å²) in [5.74, 6) is -0.434. The van der Waals surface area contributed by atoms with E-state index in [1.54, 1.807) is 0 Å². The molecule has 2 aromatic rings. The van der Waals surface area contributed by atoms with Gasteiger partial charge in [-0.15, -0.1) is 0 Å². The van der Waals surface area contributed by atoms with E-state index in [1.807, 2.05) is 6.07 Å². The number of nitrogens with zero attached hydrogens (tertiary/aromatic N) is 1. The van der Waals surface area contributed by atoms with Crippen LogP contribution in [0.25, 0.3) is 0 Å². The number of carbonyl (C=O) groups is 1. The van der Waals surface area contributed by atoms with Crippen LogP contribution >= 0.6 is 11.6 Å². The average molecular weight is 386 g/mol. The molecule has 0 saturated carbocycles. The van der Waals surface area contributed by atoms with Gasteiger partial charge in [-0.05, 0) is 60.9 Å². The molecular formula is C23H28ClNO2. The monoisotopic (exact) mass is 385 g/mol. The van der Waals surface area contributed by atoms with E-state index in [-0.39, 0.29) is 12.0 Å². The third-order valence-corrected chi connectivity index (χ3v) is 6.29. The molecular weight excluding hydrogens is 358 g/mol. The standard InChI is InChI=1S/C23H28ClNO2/c1-4-18(20-8-9-22(24)15(2)10-20)11-17-6-5-7-19(12-17)16(3)25-13-21(14-25)23(26)27/h5-10,12,16,18,21H,4,11,13-14H2,1-3H3,(H,26,27)/t16?,18-/m0/s1. The fraction of sp³-hybridized carbons (Fsp3) is 0.435. The molecule has 0 aromatic heterocycles. The van der Waals surface area contributed by atoms with E-state index in [9.17, 15) is 4.79 Å². The first-order chi connectivity index (χ1) is 12.9. The summed E-state index contributed by atoms with van der Waals surface area (Å²) in [5, 5.41) is 9.90. The average Bonchev–Trinajstić information content (AvgIpc) is 2.60. The van der Waals surface area contributed by atoms with Crippen LogP contribution in [0.5, 0.6) is 0 Å². The van der Waals surface area contributed by atoms with Crippen molar-refractivity contribution in [2.24, 2.45) is 5.92 Å². The smallest absolute Gasteiger partial charge is 0.309 e. The van der Waals surface area contributed by atoms with Crippen molar-refractivity contribution in [1.29, 1.82) is 0 Å². The Morgan fingerprint density at radius 1 is 1.22 bits per heavy atom. The molecule has 0 radical (unpaired) electrons. The lowest BCUT2D eigenvalue weighted by Crippen LogP contribution is -2.51. The second-order valence-electron chi connectivity index (χ2n) is 7.73. The largest absolute Gasteiger partial charge is 0.481 e. The molecule has 4 heteroatoms. The fourth-order valence-electron chi connectivity index (χ4n) is 3.88. The number of aryl methyl sites for hydroxylation is 1. The van der Waals surface area contributed by atoms with Gasteiger partial charge in [-0.1, -0.05) is 54.9 Å². The molecule has 144 valence electrons. The lowest BCUT2D eigenvalue weighted by molar-refractivity contribution is -0.148. The summed E-state index contributed by atoms with van der Waals surface area (Å²) in [4.78, 5) is 13.3. The Kier molecular flexibility index (Phi) is 6.23. The second-order valence-corrected chi connectivity index (χ2v) is 8.14. The van der Waals surface area contributed by atoms with E-state index in [0.29, 0.717) is 19.0 Å². The molecule has 0 amide bonds. The first-order valence-electron chi connectivity index (χ1n) is 9.70. The lowest BCUT2D eigenvalue weighted by Gasteiger charge is -2.41. The van der Waals surface area contributed by atoms with Crippen molar-refractivity contribution >= 4 is 17.6 Å². The normalized spacial score (nSPS) is 17.3. The Morgan fingerprint density at radius 3 is 2.59 bits per heavy atom. The molecule has 2 atom stereocenters. The maximum atomic E-state index is 11.0. The maximum Gasteiger partial charge on any atom is 0.309 e. The minimum atomic E-state index is -0.684. The zero-order valence-electron chi connectivity index (χ0n) is 16.3. The van der Waals surface area contributed by atoms with Crippen LogP contribution in [0, 0.1) is 12.8 Å². The van der Waals surface area contributed by atoms with Crippen molar-refractivity contribution in [3.8, 4) is 0 Å². The van der Waals surface area contributed by atoms with Crippen molar-refractivity contribution in [3.05, 3.63) is 69.7 Å². The topological polar surface area (TPSA) is 40.5 Å². The van der Waals surface area contributed by atoms with Crippen LogP contribution in [-0.2, 0) is 11.2 Å². The summed E-state index contributed by atoms with van der Waals surface area (Å²) in [6, 6.07) is 15.3. The van der Waals surface area contributed by atoms with Gasteiger partial charge in [-0.2, -0.15) is 0 Å². The van der Waals surface area contributed by atoms with E-state index in [4.69, 9.17) is 16.7 Å². The Hall–Kier alpha value is -1.84. The molecule has 0 bridgehead atoms. The van der Waals surface area contributed by atoms with Gasteiger partial charge in [0.25, 0.3) is 0 Å². The van der Waals surface area contributed by atoms with Crippen LogP contribution in [0.15, 0.2) is 42.5 Å². The maximum absolute atomic E-state index is 11.0. The molecule has 1 heterocycles. The van der Waals surface area contributed by atoms with Crippen LogP contribution in [0.1, 0.15) is 54.5 Å². The molecule has 1 N–H and O–H groups in total. The molecule has 0 aliphatic carbocycles. The summed E-state index contributed by atoms with van der Waals surface area (Å²) in [5.41, 5.74) is 5.05. The third kappa shape index (κ3) is 4.53. The van der Waals surface area contributed by atoms with Crippen molar-refractivity contribution in [2.45, 2.75) is 45.6 Å². The number of rotatable bonds is 7. The predicted molar refractivity (Wildman–Crippen MR) is 110 cm³/mol. The van der Waals surface area contributed by atoms with E-state index in [1.165, 1.54) is 16.7 Å². The number of hydrogen-bond acceptors (Lipinski definition) is 2. The van der Waals surface area contributed by atoms with Gasteiger partial charge in [0, 0.05) is 24.2 Å². The second kappa shape index (κ2) is 8.45. The van der Waals surface area contributed by atoms with Crippen molar-refractivity contribution in [1.82, 2.24) is 4.90 Å². The summed E-state index contributed by atoms with van der Waals surface area (Å²) in [7, 11) is 0. The number of carboxylic acid groups (broad SMARTS) is 1. The molecule has 1 unspecified atom stereocenters. The SMILES string of the molecule is CC[C@@H](Cc1cccc(C(C)N2CC(C(=O)O)C2)c1)c1ccc(Cl)c(C)c1. The van der Waals surface area contributed by atoms with Crippen LogP contribution in [-0.4, -0.2) is 29.1 Å². The zero-order chi connectivity index (χ0) is 19.6. The van der Waals surface area contributed by atoms with E-state index in [0.717, 1.165) is 23.4 Å². The van der Waals surface area contributed by atoms with Crippen LogP contribution in [0.3, 0.4) is 0 Å². The number of aliphatic carboxylic acids is 1. The number of halogens is 1. The zero-order valence-corrected chi connectivity index (χ0v) is 17.0. The number of benzene rings is 2. The van der Waals surface area contributed by atoms with Crippen molar-refractivity contribution < 1.29 is 9.90 Å². The Bertz CT molecular complexity index is 814. The number of likely N-dealkylation sites (tertiary alicyclic amines) is 1. The van der Waals surface area contributed by atoms with Crippen molar-refractivity contribution in [2.75, 3.05) is 13.1 Å². The molecule has 27 heavy (non-hydrogen) atoms. The van der Waals surface area contributed by atoms with Crippen LogP contribution in [0.4, 0.5) is 0 Å². The number of hydrogen-bond donors (Lipinski definition) is 1. The quantitative estimate of drug-likeness (QED) is 0.687. The van der Waals surface area contributed by atoms with E-state index < -0.39 is 5.97 Å². The molecule has 3 nitrogen and oxygen atoms in total. The Morgan fingerprint density at radius 2 is 1.96 bits per heavy atom. The van der Waals surface area contributed by atoms with Gasteiger partial charge in [0.15, 0.2) is 0 Å². The minimum Gasteiger partial charge on any atom is -0.481 e. The van der Waals surface area contributed by atoms with Gasteiger partial charge in [-0.25, -0.2) is 0 Å². The fourth-order valence-corrected chi connectivity index (χ4v) is 4.00. The predicted octanol–water partition coefficient (Wildman–Crippen LogP) is 5.46. The molecule has 2 aromatic carbocycles. The molecule has 3 rings (SSSR count). The molecule has 1 aliphatic heterocycles. The Labute approximate surface area is 167 Å². The van der Waals surface area contributed by atoms with Gasteiger partial charge in [-0.3, -0.25) is 9.69 Å². The minimum absolute atomic E-state index is 0.215. The van der Waals surface area contributed by atoms with Crippen LogP contribution < -0.4 is 0 Å². The highest BCUT2D eigenvalue weighted by atomic mass is 35.5. The van der Waals surface area contributed by atoms with Gasteiger partial charge in [0.05, 0.1) is 5.92 Å². The van der Waals surface area contributed by atoms with Gasteiger partial charge in [0.1, 0.15) is 0 Å².